The zero-order valence-corrected chi connectivity index (χ0v) is 11.2. The summed E-state index contributed by atoms with van der Waals surface area (Å²) in [6.07, 6.45) is 1.02. The molecule has 0 aromatic heterocycles. The fraction of sp³-hybridized carbons (Fsp3) is 0.250. The summed E-state index contributed by atoms with van der Waals surface area (Å²) in [7, 11) is 0. The lowest BCUT2D eigenvalue weighted by molar-refractivity contribution is 0.317. The Morgan fingerprint density at radius 3 is 2.17 bits per heavy atom. The van der Waals surface area contributed by atoms with Gasteiger partial charge in [0.1, 0.15) is 5.75 Å². The summed E-state index contributed by atoms with van der Waals surface area (Å²) in [6.45, 7) is 2.85. The minimum atomic E-state index is -0.105. The van der Waals surface area contributed by atoms with Gasteiger partial charge in [0.2, 0.25) is 0 Å². The molecule has 0 fully saturated rings. The van der Waals surface area contributed by atoms with Gasteiger partial charge in [0, 0.05) is 0 Å². The van der Waals surface area contributed by atoms with E-state index in [1.54, 1.807) is 0 Å². The first-order valence-electron chi connectivity index (χ1n) is 6.23. The summed E-state index contributed by atoms with van der Waals surface area (Å²) in [6, 6.07) is 18.1. The van der Waals surface area contributed by atoms with Crippen LogP contribution in [0.2, 0.25) is 0 Å². The molecule has 0 aliphatic heterocycles. The van der Waals surface area contributed by atoms with Gasteiger partial charge >= 0.3 is 0 Å². The molecule has 0 amide bonds. The number of alkyl halides is 1. The normalized spacial score (nSPS) is 12.1. The summed E-state index contributed by atoms with van der Waals surface area (Å²) in [5, 5.41) is -0.105. The molecule has 0 N–H and O–H groups in total. The Hall–Kier alpha value is -1.47. The second-order valence-electron chi connectivity index (χ2n) is 4.19. The van der Waals surface area contributed by atoms with Crippen LogP contribution in [0.3, 0.4) is 0 Å². The van der Waals surface area contributed by atoms with Gasteiger partial charge in [0.05, 0.1) is 12.0 Å². The van der Waals surface area contributed by atoms with Crippen LogP contribution in [-0.2, 0) is 0 Å². The van der Waals surface area contributed by atoms with Crippen molar-refractivity contribution in [2.75, 3.05) is 6.61 Å². The molecule has 2 rings (SSSR count). The molecule has 0 spiro atoms. The van der Waals surface area contributed by atoms with Crippen molar-refractivity contribution in [3.8, 4) is 5.75 Å². The number of ether oxygens (including phenoxy) is 1. The maximum Gasteiger partial charge on any atom is 0.119 e. The van der Waals surface area contributed by atoms with E-state index in [9.17, 15) is 0 Å². The molecule has 2 heteroatoms. The van der Waals surface area contributed by atoms with E-state index in [1.807, 2.05) is 54.6 Å². The lowest BCUT2D eigenvalue weighted by atomic mass is 10.0. The second-order valence-corrected chi connectivity index (χ2v) is 4.63. The first kappa shape index (κ1) is 13.0. The maximum atomic E-state index is 6.45. The predicted molar refractivity (Wildman–Crippen MR) is 76.4 cm³/mol. The van der Waals surface area contributed by atoms with E-state index in [-0.39, 0.29) is 5.38 Å². The van der Waals surface area contributed by atoms with Gasteiger partial charge in [0.15, 0.2) is 0 Å². The Morgan fingerprint density at radius 1 is 0.944 bits per heavy atom. The van der Waals surface area contributed by atoms with Crippen LogP contribution in [0.5, 0.6) is 5.75 Å². The average Bonchev–Trinajstić information content (AvgIpc) is 2.46. The minimum absolute atomic E-state index is 0.105. The molecule has 0 saturated carbocycles. The van der Waals surface area contributed by atoms with E-state index in [0.29, 0.717) is 0 Å². The molecule has 0 aliphatic carbocycles. The van der Waals surface area contributed by atoms with Gasteiger partial charge in [-0.2, -0.15) is 0 Å². The molecule has 94 valence electrons. The van der Waals surface area contributed by atoms with E-state index >= 15 is 0 Å². The van der Waals surface area contributed by atoms with E-state index in [4.69, 9.17) is 16.3 Å². The molecular weight excluding hydrogens is 244 g/mol. The maximum absolute atomic E-state index is 6.45. The number of halogens is 1. The SMILES string of the molecule is CCCOc1ccc(C(Cl)c2ccccc2)cc1. The van der Waals surface area contributed by atoms with Crippen LogP contribution in [0.1, 0.15) is 29.8 Å². The third-order valence-corrected chi connectivity index (χ3v) is 3.24. The van der Waals surface area contributed by atoms with Crippen molar-refractivity contribution in [1.29, 1.82) is 0 Å². The summed E-state index contributed by atoms with van der Waals surface area (Å²) in [4.78, 5) is 0. The molecule has 0 bridgehead atoms. The highest BCUT2D eigenvalue weighted by Crippen LogP contribution is 2.29. The van der Waals surface area contributed by atoms with Crippen molar-refractivity contribution in [1.82, 2.24) is 0 Å². The third-order valence-electron chi connectivity index (χ3n) is 2.74. The van der Waals surface area contributed by atoms with Crippen LogP contribution in [0, 0.1) is 0 Å². The largest absolute Gasteiger partial charge is 0.494 e. The van der Waals surface area contributed by atoms with Crippen molar-refractivity contribution in [2.45, 2.75) is 18.7 Å². The smallest absolute Gasteiger partial charge is 0.119 e. The highest BCUT2D eigenvalue weighted by atomic mass is 35.5. The van der Waals surface area contributed by atoms with Crippen LogP contribution < -0.4 is 4.74 Å². The average molecular weight is 261 g/mol. The van der Waals surface area contributed by atoms with Crippen molar-refractivity contribution < 1.29 is 4.74 Å². The molecule has 1 atom stereocenters. The Bertz CT molecular complexity index is 464. The fourth-order valence-corrected chi connectivity index (χ4v) is 2.06. The number of hydrogen-bond donors (Lipinski definition) is 0. The minimum Gasteiger partial charge on any atom is -0.494 e. The molecule has 2 aromatic carbocycles. The molecule has 18 heavy (non-hydrogen) atoms. The van der Waals surface area contributed by atoms with Gasteiger partial charge < -0.3 is 4.74 Å². The number of benzene rings is 2. The van der Waals surface area contributed by atoms with Gasteiger partial charge in [-0.25, -0.2) is 0 Å². The Morgan fingerprint density at radius 2 is 1.56 bits per heavy atom. The lowest BCUT2D eigenvalue weighted by Crippen LogP contribution is -1.96. The van der Waals surface area contributed by atoms with Gasteiger partial charge in [-0.15, -0.1) is 11.6 Å². The van der Waals surface area contributed by atoms with Crippen LogP contribution >= 0.6 is 11.6 Å². The number of hydrogen-bond acceptors (Lipinski definition) is 1. The topological polar surface area (TPSA) is 9.23 Å². The quantitative estimate of drug-likeness (QED) is 0.702. The molecule has 1 nitrogen and oxygen atoms in total. The first-order chi connectivity index (χ1) is 8.81. The molecular formula is C16H17ClO. The molecule has 2 aromatic rings. The van der Waals surface area contributed by atoms with Crippen LogP contribution in [0.25, 0.3) is 0 Å². The highest BCUT2D eigenvalue weighted by Gasteiger charge is 2.09. The Labute approximate surface area is 113 Å². The van der Waals surface area contributed by atoms with Gasteiger partial charge in [0.25, 0.3) is 0 Å². The molecule has 0 heterocycles. The highest BCUT2D eigenvalue weighted by molar-refractivity contribution is 6.22. The molecule has 1 unspecified atom stereocenters. The summed E-state index contributed by atoms with van der Waals surface area (Å²) in [5.74, 6) is 0.900. The van der Waals surface area contributed by atoms with Crippen molar-refractivity contribution in [3.05, 3.63) is 65.7 Å². The van der Waals surface area contributed by atoms with Crippen molar-refractivity contribution in [3.63, 3.8) is 0 Å². The predicted octanol–water partition coefficient (Wildman–Crippen LogP) is 4.80. The Kier molecular flexibility index (Phi) is 4.66. The van der Waals surface area contributed by atoms with E-state index in [0.717, 1.165) is 29.9 Å². The van der Waals surface area contributed by atoms with Crippen LogP contribution in [0.4, 0.5) is 0 Å². The van der Waals surface area contributed by atoms with Gasteiger partial charge in [-0.1, -0.05) is 49.4 Å². The lowest BCUT2D eigenvalue weighted by Gasteiger charge is -2.11. The standard InChI is InChI=1S/C16H17ClO/c1-2-12-18-15-10-8-14(9-11-15)16(17)13-6-4-3-5-7-13/h3-11,16H,2,12H2,1H3. The summed E-state index contributed by atoms with van der Waals surface area (Å²) in [5.41, 5.74) is 2.20. The second kappa shape index (κ2) is 6.46. The third kappa shape index (κ3) is 3.27. The summed E-state index contributed by atoms with van der Waals surface area (Å²) >= 11 is 6.45. The van der Waals surface area contributed by atoms with Crippen LogP contribution in [-0.4, -0.2) is 6.61 Å². The first-order valence-corrected chi connectivity index (χ1v) is 6.66. The summed E-state index contributed by atoms with van der Waals surface area (Å²) < 4.78 is 5.55. The fourth-order valence-electron chi connectivity index (χ4n) is 1.77. The zero-order valence-electron chi connectivity index (χ0n) is 10.5. The molecule has 0 aliphatic rings. The molecule has 0 saturated heterocycles. The van der Waals surface area contributed by atoms with E-state index in [1.165, 1.54) is 0 Å². The monoisotopic (exact) mass is 260 g/mol. The van der Waals surface area contributed by atoms with Crippen LogP contribution in [0.15, 0.2) is 54.6 Å². The van der Waals surface area contributed by atoms with E-state index in [2.05, 4.69) is 6.92 Å². The van der Waals surface area contributed by atoms with E-state index < -0.39 is 0 Å². The molecule has 0 radical (unpaired) electrons. The zero-order chi connectivity index (χ0) is 12.8. The van der Waals surface area contributed by atoms with Crippen molar-refractivity contribution in [2.24, 2.45) is 0 Å². The Balaban J connectivity index is 2.09. The number of rotatable bonds is 5. The van der Waals surface area contributed by atoms with Gasteiger partial charge in [-0.3, -0.25) is 0 Å². The van der Waals surface area contributed by atoms with Gasteiger partial charge in [-0.05, 0) is 29.7 Å². The van der Waals surface area contributed by atoms with Crippen molar-refractivity contribution >= 4 is 11.6 Å².